The van der Waals surface area contributed by atoms with E-state index in [1.165, 1.54) is 6.07 Å². The Kier molecular flexibility index (Phi) is 3.37. The SMILES string of the molecule is CNCc1ccc(Cc2ccccc2F)o1. The van der Waals surface area contributed by atoms with Gasteiger partial charge >= 0.3 is 0 Å². The van der Waals surface area contributed by atoms with E-state index in [-0.39, 0.29) is 5.82 Å². The van der Waals surface area contributed by atoms with Crippen molar-refractivity contribution >= 4 is 0 Å². The normalized spacial score (nSPS) is 10.6. The molecule has 16 heavy (non-hydrogen) atoms. The molecule has 0 spiro atoms. The largest absolute Gasteiger partial charge is 0.464 e. The number of furan rings is 1. The molecule has 0 aliphatic carbocycles. The lowest BCUT2D eigenvalue weighted by atomic mass is 10.1. The Labute approximate surface area is 94.1 Å². The minimum absolute atomic E-state index is 0.186. The van der Waals surface area contributed by atoms with E-state index >= 15 is 0 Å². The van der Waals surface area contributed by atoms with Crippen molar-refractivity contribution in [2.24, 2.45) is 0 Å². The van der Waals surface area contributed by atoms with Gasteiger partial charge < -0.3 is 9.73 Å². The predicted octanol–water partition coefficient (Wildman–Crippen LogP) is 2.73. The quantitative estimate of drug-likeness (QED) is 0.855. The molecular weight excluding hydrogens is 205 g/mol. The van der Waals surface area contributed by atoms with E-state index in [0.717, 1.165) is 11.5 Å². The third-order valence-electron chi connectivity index (χ3n) is 2.39. The Hall–Kier alpha value is -1.61. The van der Waals surface area contributed by atoms with E-state index in [0.29, 0.717) is 18.5 Å². The van der Waals surface area contributed by atoms with Gasteiger partial charge in [-0.15, -0.1) is 0 Å². The average Bonchev–Trinajstić information content (AvgIpc) is 2.70. The molecule has 0 bridgehead atoms. The lowest BCUT2D eigenvalue weighted by Gasteiger charge is -2.00. The molecule has 0 amide bonds. The molecule has 1 heterocycles. The number of hydrogen-bond acceptors (Lipinski definition) is 2. The standard InChI is InChI=1S/C13H14FNO/c1-15-9-12-7-6-11(16-12)8-10-4-2-3-5-13(10)14/h2-7,15H,8-9H2,1H3. The molecule has 2 aromatic rings. The van der Waals surface area contributed by atoms with Crippen LogP contribution in [0.4, 0.5) is 4.39 Å². The van der Waals surface area contributed by atoms with Gasteiger partial charge in [0.25, 0.3) is 0 Å². The van der Waals surface area contributed by atoms with Crippen LogP contribution in [0, 0.1) is 5.82 Å². The molecular formula is C13H14FNO. The molecule has 3 heteroatoms. The van der Waals surface area contributed by atoms with Crippen LogP contribution in [0.2, 0.25) is 0 Å². The fourth-order valence-electron chi connectivity index (χ4n) is 1.62. The summed E-state index contributed by atoms with van der Waals surface area (Å²) in [5.74, 6) is 1.47. The van der Waals surface area contributed by atoms with Gasteiger partial charge in [-0.3, -0.25) is 0 Å². The zero-order valence-corrected chi connectivity index (χ0v) is 9.16. The summed E-state index contributed by atoms with van der Waals surface area (Å²) in [6.07, 6.45) is 0.496. The molecule has 1 N–H and O–H groups in total. The van der Waals surface area contributed by atoms with Gasteiger partial charge in [0.05, 0.1) is 6.54 Å². The molecule has 84 valence electrons. The fraction of sp³-hybridized carbons (Fsp3) is 0.231. The lowest BCUT2D eigenvalue weighted by molar-refractivity contribution is 0.459. The van der Waals surface area contributed by atoms with Crippen molar-refractivity contribution in [3.8, 4) is 0 Å². The van der Waals surface area contributed by atoms with Crippen molar-refractivity contribution in [3.05, 3.63) is 59.3 Å². The summed E-state index contributed by atoms with van der Waals surface area (Å²) in [6.45, 7) is 0.692. The van der Waals surface area contributed by atoms with Crippen LogP contribution in [0.1, 0.15) is 17.1 Å². The molecule has 0 fully saturated rings. The van der Waals surface area contributed by atoms with Crippen LogP contribution >= 0.6 is 0 Å². The highest BCUT2D eigenvalue weighted by Gasteiger charge is 2.05. The highest BCUT2D eigenvalue weighted by molar-refractivity contribution is 5.23. The molecule has 0 unspecified atom stereocenters. The van der Waals surface area contributed by atoms with E-state index in [2.05, 4.69) is 5.32 Å². The summed E-state index contributed by atoms with van der Waals surface area (Å²) in [5.41, 5.74) is 0.660. The number of nitrogens with one attached hydrogen (secondary N) is 1. The van der Waals surface area contributed by atoms with Gasteiger partial charge in [-0.25, -0.2) is 4.39 Å². The first-order chi connectivity index (χ1) is 7.79. The van der Waals surface area contributed by atoms with Crippen molar-refractivity contribution in [2.75, 3.05) is 7.05 Å². The molecule has 0 radical (unpaired) electrons. The number of rotatable bonds is 4. The monoisotopic (exact) mass is 219 g/mol. The third-order valence-corrected chi connectivity index (χ3v) is 2.39. The van der Waals surface area contributed by atoms with E-state index in [1.807, 2.05) is 25.2 Å². The van der Waals surface area contributed by atoms with Crippen molar-refractivity contribution in [2.45, 2.75) is 13.0 Å². The van der Waals surface area contributed by atoms with Crippen LogP contribution in [-0.4, -0.2) is 7.05 Å². The molecule has 1 aromatic carbocycles. The minimum Gasteiger partial charge on any atom is -0.464 e. The maximum Gasteiger partial charge on any atom is 0.126 e. The molecule has 0 saturated heterocycles. The topological polar surface area (TPSA) is 25.2 Å². The Morgan fingerprint density at radius 2 is 1.88 bits per heavy atom. The maximum atomic E-state index is 13.4. The summed E-state index contributed by atoms with van der Waals surface area (Å²) in [6, 6.07) is 10.6. The molecule has 0 aliphatic rings. The second kappa shape index (κ2) is 4.94. The van der Waals surface area contributed by atoms with Crippen LogP contribution in [0.25, 0.3) is 0 Å². The Morgan fingerprint density at radius 1 is 1.12 bits per heavy atom. The van der Waals surface area contributed by atoms with Gasteiger partial charge in [0.15, 0.2) is 0 Å². The molecule has 2 rings (SSSR count). The lowest BCUT2D eigenvalue weighted by Crippen LogP contribution is -2.03. The van der Waals surface area contributed by atoms with Crippen LogP contribution in [0.5, 0.6) is 0 Å². The van der Waals surface area contributed by atoms with Crippen LogP contribution in [0.15, 0.2) is 40.8 Å². The number of benzene rings is 1. The van der Waals surface area contributed by atoms with Gasteiger partial charge in [0, 0.05) is 6.42 Å². The Balaban J connectivity index is 2.11. The second-order valence-corrected chi connectivity index (χ2v) is 3.67. The van der Waals surface area contributed by atoms with Crippen molar-refractivity contribution < 1.29 is 8.81 Å². The molecule has 0 atom stereocenters. The minimum atomic E-state index is -0.186. The highest BCUT2D eigenvalue weighted by atomic mass is 19.1. The van der Waals surface area contributed by atoms with Crippen LogP contribution in [0.3, 0.4) is 0 Å². The first kappa shape index (κ1) is 10.9. The zero-order chi connectivity index (χ0) is 11.4. The third kappa shape index (κ3) is 2.49. The highest BCUT2D eigenvalue weighted by Crippen LogP contribution is 2.15. The van der Waals surface area contributed by atoms with Gasteiger partial charge in [0.1, 0.15) is 17.3 Å². The van der Waals surface area contributed by atoms with Gasteiger partial charge in [-0.05, 0) is 30.8 Å². The average molecular weight is 219 g/mol. The summed E-state index contributed by atoms with van der Waals surface area (Å²) in [4.78, 5) is 0. The summed E-state index contributed by atoms with van der Waals surface area (Å²) >= 11 is 0. The molecule has 2 nitrogen and oxygen atoms in total. The first-order valence-electron chi connectivity index (χ1n) is 5.25. The Morgan fingerprint density at radius 3 is 2.62 bits per heavy atom. The Bertz CT molecular complexity index is 464. The molecule has 0 saturated carbocycles. The van der Waals surface area contributed by atoms with E-state index in [9.17, 15) is 4.39 Å². The van der Waals surface area contributed by atoms with Crippen LogP contribution < -0.4 is 5.32 Å². The summed E-state index contributed by atoms with van der Waals surface area (Å²) < 4.78 is 18.9. The number of halogens is 1. The molecule has 0 aliphatic heterocycles. The zero-order valence-electron chi connectivity index (χ0n) is 9.16. The molecule has 1 aromatic heterocycles. The van der Waals surface area contributed by atoms with E-state index < -0.39 is 0 Å². The van der Waals surface area contributed by atoms with E-state index in [1.54, 1.807) is 12.1 Å². The van der Waals surface area contributed by atoms with Gasteiger partial charge in [-0.2, -0.15) is 0 Å². The van der Waals surface area contributed by atoms with Gasteiger partial charge in [-0.1, -0.05) is 18.2 Å². The van der Waals surface area contributed by atoms with E-state index in [4.69, 9.17) is 4.42 Å². The predicted molar refractivity (Wildman–Crippen MR) is 60.7 cm³/mol. The van der Waals surface area contributed by atoms with Crippen LogP contribution in [-0.2, 0) is 13.0 Å². The maximum absolute atomic E-state index is 13.4. The fourth-order valence-corrected chi connectivity index (χ4v) is 1.62. The summed E-state index contributed by atoms with van der Waals surface area (Å²) in [5, 5.41) is 3.00. The smallest absolute Gasteiger partial charge is 0.126 e. The van der Waals surface area contributed by atoms with Gasteiger partial charge in [0.2, 0.25) is 0 Å². The van der Waals surface area contributed by atoms with Crippen molar-refractivity contribution in [1.29, 1.82) is 0 Å². The van der Waals surface area contributed by atoms with Crippen molar-refractivity contribution in [3.63, 3.8) is 0 Å². The number of hydrogen-bond donors (Lipinski definition) is 1. The second-order valence-electron chi connectivity index (χ2n) is 3.67. The van der Waals surface area contributed by atoms with Crippen molar-refractivity contribution in [1.82, 2.24) is 5.32 Å². The summed E-state index contributed by atoms with van der Waals surface area (Å²) in [7, 11) is 1.86. The first-order valence-corrected chi connectivity index (χ1v) is 5.25.